The summed E-state index contributed by atoms with van der Waals surface area (Å²) in [6.45, 7) is 1.86. The van der Waals surface area contributed by atoms with Gasteiger partial charge in [0, 0.05) is 0 Å². The van der Waals surface area contributed by atoms with Crippen LogP contribution in [-0.4, -0.2) is 31.9 Å². The summed E-state index contributed by atoms with van der Waals surface area (Å²) in [6.07, 6.45) is 6.73. The van der Waals surface area contributed by atoms with Crippen molar-refractivity contribution in [3.63, 3.8) is 0 Å². The van der Waals surface area contributed by atoms with Crippen molar-refractivity contribution in [1.82, 2.24) is 0 Å². The van der Waals surface area contributed by atoms with E-state index in [9.17, 15) is 18.3 Å². The summed E-state index contributed by atoms with van der Waals surface area (Å²) in [5.41, 5.74) is 2.15. The van der Waals surface area contributed by atoms with Crippen molar-refractivity contribution >= 4 is 15.8 Å². The van der Waals surface area contributed by atoms with Gasteiger partial charge in [-0.2, -0.15) is 0 Å². The number of carbonyl (C=O) groups is 1. The average molecular weight is 433 g/mol. The van der Waals surface area contributed by atoms with Gasteiger partial charge in [-0.15, -0.1) is 0 Å². The van der Waals surface area contributed by atoms with E-state index in [-0.39, 0.29) is 11.3 Å². The normalized spacial score (nSPS) is 12.5. The lowest BCUT2D eigenvalue weighted by Gasteiger charge is -2.14. The number of sulfone groups is 1. The number of ether oxygens (including phenoxy) is 1. The molecule has 0 heterocycles. The molecule has 0 aliphatic carbocycles. The van der Waals surface area contributed by atoms with Gasteiger partial charge in [0.2, 0.25) is 0 Å². The third-order valence-electron chi connectivity index (χ3n) is 5.35. The molecule has 0 aliphatic rings. The van der Waals surface area contributed by atoms with E-state index >= 15 is 0 Å². The van der Waals surface area contributed by atoms with E-state index in [0.29, 0.717) is 6.42 Å². The predicted octanol–water partition coefficient (Wildman–Crippen LogP) is 5.20. The minimum atomic E-state index is -3.87. The summed E-state index contributed by atoms with van der Waals surface area (Å²) in [6, 6.07) is 14.4. The quantitative estimate of drug-likeness (QED) is 0.440. The maximum Gasteiger partial charge on any atom is 0.322 e. The van der Waals surface area contributed by atoms with Crippen molar-refractivity contribution in [3.05, 3.63) is 59.7 Å². The molecule has 6 heteroatoms. The summed E-state index contributed by atoms with van der Waals surface area (Å²) >= 11 is 0. The third kappa shape index (κ3) is 6.87. The van der Waals surface area contributed by atoms with E-state index < -0.39 is 21.1 Å². The first-order valence-corrected chi connectivity index (χ1v) is 12.1. The van der Waals surface area contributed by atoms with Gasteiger partial charge in [0.15, 0.2) is 15.1 Å². The SMILES string of the molecule is COc1ccccc1CCCCCCCCC(C(=O)O)S(=O)(=O)c1ccc(C)cc1. The number of carboxylic acid groups (broad SMARTS) is 1. The Balaban J connectivity index is 1.72. The molecule has 1 N–H and O–H groups in total. The van der Waals surface area contributed by atoms with Gasteiger partial charge in [-0.05, 0) is 49.9 Å². The lowest BCUT2D eigenvalue weighted by atomic mass is 10.0. The predicted molar refractivity (Wildman–Crippen MR) is 119 cm³/mol. The molecule has 1 unspecified atom stereocenters. The number of hydrogen-bond acceptors (Lipinski definition) is 4. The molecule has 0 amide bonds. The number of hydrogen-bond donors (Lipinski definition) is 1. The second kappa shape index (κ2) is 11.7. The number of unbranched alkanes of at least 4 members (excludes halogenated alkanes) is 5. The molecule has 0 saturated heterocycles. The van der Waals surface area contributed by atoms with E-state index in [2.05, 4.69) is 6.07 Å². The maximum absolute atomic E-state index is 12.7. The zero-order valence-electron chi connectivity index (χ0n) is 17.8. The highest BCUT2D eigenvalue weighted by Crippen LogP contribution is 2.23. The number of aryl methyl sites for hydroxylation is 2. The molecule has 0 spiro atoms. The molecular weight excluding hydrogens is 400 g/mol. The van der Waals surface area contributed by atoms with Crippen molar-refractivity contribution in [3.8, 4) is 5.75 Å². The Labute approximate surface area is 180 Å². The summed E-state index contributed by atoms with van der Waals surface area (Å²) < 4.78 is 30.7. The Kier molecular flexibility index (Phi) is 9.37. The first-order valence-electron chi connectivity index (χ1n) is 10.5. The smallest absolute Gasteiger partial charge is 0.322 e. The fraction of sp³-hybridized carbons (Fsp3) is 0.458. The first kappa shape index (κ1) is 23.9. The molecule has 2 rings (SSSR count). The number of para-hydroxylation sites is 1. The average Bonchev–Trinajstić information content (AvgIpc) is 2.72. The summed E-state index contributed by atoms with van der Waals surface area (Å²) in [5.74, 6) is -0.348. The molecule has 2 aromatic rings. The molecule has 0 fully saturated rings. The molecule has 0 aliphatic heterocycles. The molecule has 1 atom stereocenters. The van der Waals surface area contributed by atoms with Crippen LogP contribution in [0.25, 0.3) is 0 Å². The van der Waals surface area contributed by atoms with E-state index in [4.69, 9.17) is 4.74 Å². The Morgan fingerprint density at radius 2 is 1.53 bits per heavy atom. The minimum Gasteiger partial charge on any atom is -0.496 e. The number of benzene rings is 2. The number of methoxy groups -OCH3 is 1. The Morgan fingerprint density at radius 1 is 0.933 bits per heavy atom. The van der Waals surface area contributed by atoms with E-state index in [1.807, 2.05) is 25.1 Å². The molecule has 0 bridgehead atoms. The van der Waals surface area contributed by atoms with Crippen LogP contribution in [0.5, 0.6) is 5.75 Å². The molecular formula is C24H32O5S. The fourth-order valence-electron chi connectivity index (χ4n) is 3.57. The van der Waals surface area contributed by atoms with Crippen molar-refractivity contribution in [2.75, 3.05) is 7.11 Å². The van der Waals surface area contributed by atoms with Crippen LogP contribution in [0, 0.1) is 6.92 Å². The van der Waals surface area contributed by atoms with Gasteiger partial charge in [-0.1, -0.05) is 68.0 Å². The zero-order valence-corrected chi connectivity index (χ0v) is 18.7. The molecule has 0 radical (unpaired) electrons. The third-order valence-corrected chi connectivity index (χ3v) is 7.47. The van der Waals surface area contributed by atoms with E-state index in [1.165, 1.54) is 17.7 Å². The molecule has 5 nitrogen and oxygen atoms in total. The van der Waals surface area contributed by atoms with Crippen LogP contribution >= 0.6 is 0 Å². The van der Waals surface area contributed by atoms with Crippen molar-refractivity contribution in [1.29, 1.82) is 0 Å². The number of carboxylic acids is 1. The molecule has 2 aromatic carbocycles. The topological polar surface area (TPSA) is 80.7 Å². The molecule has 30 heavy (non-hydrogen) atoms. The first-order chi connectivity index (χ1) is 14.4. The number of rotatable bonds is 13. The summed E-state index contributed by atoms with van der Waals surface area (Å²) in [7, 11) is -2.18. The van der Waals surface area contributed by atoms with Crippen LogP contribution in [0.15, 0.2) is 53.4 Å². The van der Waals surface area contributed by atoms with Crippen LogP contribution in [-0.2, 0) is 21.1 Å². The van der Waals surface area contributed by atoms with E-state index in [0.717, 1.165) is 49.8 Å². The standard InChI is InChI=1S/C24H32O5S/c1-19-15-17-21(18-16-19)30(27,28)23(24(25)26)14-8-6-4-3-5-7-11-20-12-9-10-13-22(20)29-2/h9-10,12-13,15-18,23H,3-8,11,14H2,1-2H3,(H,25,26). The highest BCUT2D eigenvalue weighted by molar-refractivity contribution is 7.92. The van der Waals surface area contributed by atoms with Crippen molar-refractivity contribution < 1.29 is 23.1 Å². The van der Waals surface area contributed by atoms with Gasteiger partial charge in [0.25, 0.3) is 0 Å². The second-order valence-electron chi connectivity index (χ2n) is 7.66. The van der Waals surface area contributed by atoms with Crippen LogP contribution in [0.3, 0.4) is 0 Å². The molecule has 0 saturated carbocycles. The Bertz CT molecular complexity index is 903. The zero-order chi connectivity index (χ0) is 22.0. The van der Waals surface area contributed by atoms with Crippen LogP contribution in [0.4, 0.5) is 0 Å². The van der Waals surface area contributed by atoms with Crippen LogP contribution in [0.2, 0.25) is 0 Å². The van der Waals surface area contributed by atoms with Crippen molar-refractivity contribution in [2.24, 2.45) is 0 Å². The lowest BCUT2D eigenvalue weighted by molar-refractivity contribution is -0.136. The van der Waals surface area contributed by atoms with Gasteiger partial charge in [0.05, 0.1) is 12.0 Å². The van der Waals surface area contributed by atoms with Crippen molar-refractivity contribution in [2.45, 2.75) is 68.4 Å². The highest BCUT2D eigenvalue weighted by Gasteiger charge is 2.33. The number of aliphatic carboxylic acids is 1. The van der Waals surface area contributed by atoms with Gasteiger partial charge in [-0.3, -0.25) is 4.79 Å². The molecule has 164 valence electrons. The van der Waals surface area contributed by atoms with Crippen LogP contribution in [0.1, 0.15) is 56.1 Å². The largest absolute Gasteiger partial charge is 0.496 e. The maximum atomic E-state index is 12.7. The van der Waals surface area contributed by atoms with Crippen LogP contribution < -0.4 is 4.74 Å². The van der Waals surface area contributed by atoms with Gasteiger partial charge >= 0.3 is 5.97 Å². The fourth-order valence-corrected chi connectivity index (χ4v) is 5.15. The van der Waals surface area contributed by atoms with Gasteiger partial charge in [0.1, 0.15) is 5.75 Å². The summed E-state index contributed by atoms with van der Waals surface area (Å²) in [5, 5.41) is 8.08. The highest BCUT2D eigenvalue weighted by atomic mass is 32.2. The van der Waals surface area contributed by atoms with E-state index in [1.54, 1.807) is 19.2 Å². The van der Waals surface area contributed by atoms with Gasteiger partial charge < -0.3 is 9.84 Å². The second-order valence-corrected chi connectivity index (χ2v) is 9.79. The Morgan fingerprint density at radius 3 is 2.17 bits per heavy atom. The monoisotopic (exact) mass is 432 g/mol. The minimum absolute atomic E-state index is 0.0804. The summed E-state index contributed by atoms with van der Waals surface area (Å²) in [4.78, 5) is 11.7. The molecule has 0 aromatic heterocycles. The lowest BCUT2D eigenvalue weighted by Crippen LogP contribution is -2.30. The van der Waals surface area contributed by atoms with Gasteiger partial charge in [-0.25, -0.2) is 8.42 Å². The Hall–Kier alpha value is -2.34.